The Morgan fingerprint density at radius 3 is 2.41 bits per heavy atom. The highest BCUT2D eigenvalue weighted by atomic mass is 127. The highest BCUT2D eigenvalue weighted by molar-refractivity contribution is 14.1. The highest BCUT2D eigenvalue weighted by Crippen LogP contribution is 2.41. The molecule has 0 amide bonds. The van der Waals surface area contributed by atoms with Gasteiger partial charge in [0, 0.05) is 36.1 Å². The molecule has 32 heavy (non-hydrogen) atoms. The summed E-state index contributed by atoms with van der Waals surface area (Å²) in [6.45, 7) is 1.50. The van der Waals surface area contributed by atoms with E-state index in [2.05, 4.69) is 4.72 Å². The summed E-state index contributed by atoms with van der Waals surface area (Å²) >= 11 is 1.85. The predicted octanol–water partition coefficient (Wildman–Crippen LogP) is 4.50. The molecule has 7 nitrogen and oxygen atoms in total. The summed E-state index contributed by atoms with van der Waals surface area (Å²) in [5, 5.41) is 0. The van der Waals surface area contributed by atoms with Crippen molar-refractivity contribution in [1.82, 2.24) is 4.57 Å². The molecular weight excluding hydrogens is 557 g/mol. The van der Waals surface area contributed by atoms with E-state index in [1.165, 1.54) is 43.0 Å². The van der Waals surface area contributed by atoms with Crippen LogP contribution in [-0.4, -0.2) is 25.8 Å². The second-order valence-electron chi connectivity index (χ2n) is 6.70. The maximum absolute atomic E-state index is 14.2. The summed E-state index contributed by atoms with van der Waals surface area (Å²) in [5.74, 6) is -1.64. The van der Waals surface area contributed by atoms with E-state index in [4.69, 9.17) is 9.47 Å². The van der Waals surface area contributed by atoms with Crippen molar-refractivity contribution in [2.24, 2.45) is 7.05 Å². The molecule has 0 fully saturated rings. The molecule has 0 bridgehead atoms. The van der Waals surface area contributed by atoms with Gasteiger partial charge >= 0.3 is 0 Å². The van der Waals surface area contributed by atoms with Crippen LogP contribution in [0.3, 0.4) is 0 Å². The lowest BCUT2D eigenvalue weighted by Gasteiger charge is -2.18. The first-order valence-corrected chi connectivity index (χ1v) is 12.0. The Kier molecular flexibility index (Phi) is 7.08. The molecule has 0 saturated heterocycles. The standard InChI is InChI=1S/C21H19F2IN2O5S/c1-4-32(28,29)25-13-6-8-17(31-18-7-5-12(22)9-16(18)23)14(10-13)15-11-26(2)21(27)19(24)20(15)30-3/h5-11,25H,4H2,1-3H3. The molecule has 0 aliphatic heterocycles. The Hall–Kier alpha value is -2.67. The van der Waals surface area contributed by atoms with Gasteiger partial charge < -0.3 is 14.0 Å². The third-order valence-electron chi connectivity index (χ3n) is 4.52. The van der Waals surface area contributed by atoms with Crippen molar-refractivity contribution in [2.75, 3.05) is 17.6 Å². The van der Waals surface area contributed by atoms with E-state index >= 15 is 0 Å². The van der Waals surface area contributed by atoms with Gasteiger partial charge in [-0.15, -0.1) is 0 Å². The molecular formula is C21H19F2IN2O5S. The van der Waals surface area contributed by atoms with Crippen molar-refractivity contribution < 1.29 is 26.7 Å². The van der Waals surface area contributed by atoms with Crippen molar-refractivity contribution in [1.29, 1.82) is 0 Å². The molecule has 0 spiro atoms. The number of pyridine rings is 1. The molecule has 0 atom stereocenters. The summed E-state index contributed by atoms with van der Waals surface area (Å²) in [6, 6.07) is 7.27. The van der Waals surface area contributed by atoms with Gasteiger partial charge in [0.15, 0.2) is 11.6 Å². The number of halogens is 3. The first kappa shape index (κ1) is 24.0. The van der Waals surface area contributed by atoms with Crippen molar-refractivity contribution in [2.45, 2.75) is 6.92 Å². The van der Waals surface area contributed by atoms with Crippen LogP contribution in [0.15, 0.2) is 47.4 Å². The maximum Gasteiger partial charge on any atom is 0.267 e. The zero-order chi connectivity index (χ0) is 23.6. The van der Waals surface area contributed by atoms with Gasteiger partial charge in [0.1, 0.15) is 20.9 Å². The summed E-state index contributed by atoms with van der Waals surface area (Å²) in [5.41, 5.74) is 0.685. The van der Waals surface area contributed by atoms with E-state index in [0.29, 0.717) is 20.8 Å². The Balaban J connectivity index is 2.24. The first-order valence-electron chi connectivity index (χ1n) is 9.27. The fraction of sp³-hybridized carbons (Fsp3) is 0.190. The number of ether oxygens (including phenoxy) is 2. The Bertz CT molecular complexity index is 1340. The number of nitrogens with zero attached hydrogens (tertiary/aromatic N) is 1. The zero-order valence-corrected chi connectivity index (χ0v) is 20.3. The lowest BCUT2D eigenvalue weighted by molar-refractivity contribution is 0.410. The number of aryl methyl sites for hydroxylation is 1. The van der Waals surface area contributed by atoms with Crippen LogP contribution in [0.25, 0.3) is 11.1 Å². The van der Waals surface area contributed by atoms with E-state index in [1.807, 2.05) is 22.6 Å². The van der Waals surface area contributed by atoms with Crippen LogP contribution in [0.5, 0.6) is 17.2 Å². The van der Waals surface area contributed by atoms with Gasteiger partial charge in [0.2, 0.25) is 10.0 Å². The number of benzene rings is 2. The topological polar surface area (TPSA) is 86.6 Å². The minimum absolute atomic E-state index is 0.136. The molecule has 1 N–H and O–H groups in total. The zero-order valence-electron chi connectivity index (χ0n) is 17.3. The minimum atomic E-state index is -3.57. The Morgan fingerprint density at radius 1 is 1.09 bits per heavy atom. The molecule has 1 heterocycles. The Labute approximate surface area is 197 Å². The van der Waals surface area contributed by atoms with Crippen LogP contribution in [0, 0.1) is 15.2 Å². The van der Waals surface area contributed by atoms with Crippen LogP contribution < -0.4 is 19.8 Å². The van der Waals surface area contributed by atoms with E-state index in [9.17, 15) is 22.0 Å². The average molecular weight is 576 g/mol. The summed E-state index contributed by atoms with van der Waals surface area (Å²) in [7, 11) is -0.628. The molecule has 0 radical (unpaired) electrons. The molecule has 0 aliphatic carbocycles. The monoisotopic (exact) mass is 576 g/mol. The normalized spacial score (nSPS) is 11.3. The molecule has 3 rings (SSSR count). The van der Waals surface area contributed by atoms with Gasteiger partial charge in [-0.2, -0.15) is 0 Å². The molecule has 0 aliphatic rings. The smallest absolute Gasteiger partial charge is 0.267 e. The van der Waals surface area contributed by atoms with Crippen LogP contribution in [0.1, 0.15) is 6.92 Å². The molecule has 0 unspecified atom stereocenters. The number of anilines is 1. The molecule has 2 aromatic carbocycles. The quantitative estimate of drug-likeness (QED) is 0.419. The molecule has 3 aromatic rings. The predicted molar refractivity (Wildman–Crippen MR) is 126 cm³/mol. The number of methoxy groups -OCH3 is 1. The van der Waals surface area contributed by atoms with Gasteiger partial charge in [-0.1, -0.05) is 0 Å². The average Bonchev–Trinajstić information content (AvgIpc) is 2.74. The number of aromatic nitrogens is 1. The number of hydrogen-bond acceptors (Lipinski definition) is 5. The first-order chi connectivity index (χ1) is 15.1. The number of rotatable bonds is 7. The molecule has 11 heteroatoms. The minimum Gasteiger partial charge on any atom is -0.495 e. The lowest BCUT2D eigenvalue weighted by Crippen LogP contribution is -2.20. The number of sulfonamides is 1. The fourth-order valence-electron chi connectivity index (χ4n) is 2.89. The molecule has 1 aromatic heterocycles. The van der Waals surface area contributed by atoms with Crippen molar-refractivity contribution in [3.05, 3.63) is 68.2 Å². The van der Waals surface area contributed by atoms with Crippen LogP contribution in [0.4, 0.5) is 14.5 Å². The fourth-order valence-corrected chi connectivity index (χ4v) is 4.42. The van der Waals surface area contributed by atoms with Crippen molar-refractivity contribution in [3.8, 4) is 28.4 Å². The molecule has 170 valence electrons. The molecule has 0 saturated carbocycles. The van der Waals surface area contributed by atoms with E-state index in [0.717, 1.165) is 12.1 Å². The van der Waals surface area contributed by atoms with Crippen LogP contribution >= 0.6 is 22.6 Å². The largest absolute Gasteiger partial charge is 0.495 e. The second kappa shape index (κ2) is 9.45. The summed E-state index contributed by atoms with van der Waals surface area (Å²) in [6.07, 6.45) is 1.50. The maximum atomic E-state index is 14.2. The van der Waals surface area contributed by atoms with Crippen LogP contribution in [-0.2, 0) is 17.1 Å². The SMILES string of the molecule is CCS(=O)(=O)Nc1ccc(Oc2ccc(F)cc2F)c(-c2cn(C)c(=O)c(I)c2OC)c1. The van der Waals surface area contributed by atoms with E-state index in [1.54, 1.807) is 7.05 Å². The van der Waals surface area contributed by atoms with Gasteiger partial charge in [0.25, 0.3) is 5.56 Å². The lowest BCUT2D eigenvalue weighted by atomic mass is 10.0. The van der Waals surface area contributed by atoms with Gasteiger partial charge in [-0.3, -0.25) is 9.52 Å². The number of nitrogens with one attached hydrogen (secondary N) is 1. The Morgan fingerprint density at radius 2 is 1.78 bits per heavy atom. The van der Waals surface area contributed by atoms with Crippen LogP contribution in [0.2, 0.25) is 0 Å². The third kappa shape index (κ3) is 5.04. The summed E-state index contributed by atoms with van der Waals surface area (Å²) < 4.78 is 66.8. The second-order valence-corrected chi connectivity index (χ2v) is 9.79. The third-order valence-corrected chi connectivity index (χ3v) is 6.77. The van der Waals surface area contributed by atoms with Gasteiger partial charge in [-0.05, 0) is 59.8 Å². The van der Waals surface area contributed by atoms with E-state index < -0.39 is 21.7 Å². The highest BCUT2D eigenvalue weighted by Gasteiger charge is 2.20. The summed E-state index contributed by atoms with van der Waals surface area (Å²) in [4.78, 5) is 12.3. The van der Waals surface area contributed by atoms with Crippen molar-refractivity contribution >= 4 is 38.3 Å². The van der Waals surface area contributed by atoms with Gasteiger partial charge in [0.05, 0.1) is 12.9 Å². The van der Waals surface area contributed by atoms with Gasteiger partial charge in [-0.25, -0.2) is 17.2 Å². The van der Waals surface area contributed by atoms with E-state index in [-0.39, 0.29) is 34.2 Å². The van der Waals surface area contributed by atoms with Crippen molar-refractivity contribution in [3.63, 3.8) is 0 Å². The number of hydrogen-bond donors (Lipinski definition) is 1.